The molecule has 116 valence electrons. The molecule has 2 aromatic carbocycles. The number of rotatable bonds is 4. The molecule has 0 spiro atoms. The summed E-state index contributed by atoms with van der Waals surface area (Å²) < 4.78 is 2.31. The second-order valence-corrected chi connectivity index (χ2v) is 5.98. The van der Waals surface area contributed by atoms with E-state index in [4.69, 9.17) is 0 Å². The molecule has 1 heterocycles. The van der Waals surface area contributed by atoms with Gasteiger partial charge in [-0.15, -0.1) is 5.10 Å². The van der Waals surface area contributed by atoms with Crippen LogP contribution in [0.25, 0.3) is 5.69 Å². The molecule has 0 atom stereocenters. The van der Waals surface area contributed by atoms with Crippen molar-refractivity contribution in [2.75, 3.05) is 7.05 Å². The fourth-order valence-corrected chi connectivity index (χ4v) is 2.65. The average molecular weight is 372 g/mol. The lowest BCUT2D eigenvalue weighted by atomic mass is 10.1. The maximum absolute atomic E-state index is 12.8. The lowest BCUT2D eigenvalue weighted by molar-refractivity contribution is 0.0785. The first kappa shape index (κ1) is 15.4. The monoisotopic (exact) mass is 371 g/mol. The summed E-state index contributed by atoms with van der Waals surface area (Å²) in [6.07, 6.45) is 1.47. The Balaban J connectivity index is 1.91. The van der Waals surface area contributed by atoms with Crippen molar-refractivity contribution in [3.05, 3.63) is 70.5 Å². The van der Waals surface area contributed by atoms with Crippen LogP contribution in [0.1, 0.15) is 15.9 Å². The van der Waals surface area contributed by atoms with Gasteiger partial charge in [-0.3, -0.25) is 4.79 Å². The van der Waals surface area contributed by atoms with E-state index >= 15 is 0 Å². The highest BCUT2D eigenvalue weighted by Crippen LogP contribution is 2.21. The third-order valence-electron chi connectivity index (χ3n) is 3.39. The van der Waals surface area contributed by atoms with E-state index in [1.807, 2.05) is 42.5 Å². The Morgan fingerprint density at radius 3 is 2.70 bits per heavy atom. The van der Waals surface area contributed by atoms with Gasteiger partial charge in [0.25, 0.3) is 5.91 Å². The molecule has 0 N–H and O–H groups in total. The topological polar surface area (TPSA) is 63.9 Å². The number of aromatic nitrogens is 4. The molecule has 0 bridgehead atoms. The number of carbonyl (C=O) groups excluding carboxylic acids is 1. The van der Waals surface area contributed by atoms with Crippen LogP contribution in [0.2, 0.25) is 0 Å². The third kappa shape index (κ3) is 3.45. The summed E-state index contributed by atoms with van der Waals surface area (Å²) in [5.41, 5.74) is 2.25. The highest BCUT2D eigenvalue weighted by molar-refractivity contribution is 9.10. The summed E-state index contributed by atoms with van der Waals surface area (Å²) in [4.78, 5) is 14.5. The minimum Gasteiger partial charge on any atom is -0.337 e. The van der Waals surface area contributed by atoms with Crippen LogP contribution in [0.15, 0.2) is 59.3 Å². The van der Waals surface area contributed by atoms with Gasteiger partial charge >= 0.3 is 0 Å². The molecule has 6 nitrogen and oxygen atoms in total. The zero-order valence-electron chi connectivity index (χ0n) is 12.4. The Morgan fingerprint density at radius 1 is 1.22 bits per heavy atom. The van der Waals surface area contributed by atoms with E-state index in [0.717, 1.165) is 10.0 Å². The summed E-state index contributed by atoms with van der Waals surface area (Å²) in [7, 11) is 1.78. The average Bonchev–Trinajstić information content (AvgIpc) is 3.09. The predicted octanol–water partition coefficient (Wildman–Crippen LogP) is 2.70. The number of nitrogens with zero attached hydrogens (tertiary/aromatic N) is 5. The lowest BCUT2D eigenvalue weighted by Gasteiger charge is -2.19. The third-order valence-corrected chi connectivity index (χ3v) is 3.89. The molecule has 0 fully saturated rings. The Hall–Kier alpha value is -2.54. The van der Waals surface area contributed by atoms with Gasteiger partial charge in [-0.05, 0) is 34.2 Å². The molecule has 0 aliphatic carbocycles. The molecule has 3 rings (SSSR count). The van der Waals surface area contributed by atoms with Crippen molar-refractivity contribution in [2.24, 2.45) is 0 Å². The Labute approximate surface area is 141 Å². The second kappa shape index (κ2) is 6.70. The lowest BCUT2D eigenvalue weighted by Crippen LogP contribution is -2.27. The zero-order valence-corrected chi connectivity index (χ0v) is 14.0. The van der Waals surface area contributed by atoms with E-state index in [1.165, 1.54) is 11.0 Å². The Kier molecular flexibility index (Phi) is 4.47. The van der Waals surface area contributed by atoms with Crippen LogP contribution < -0.4 is 0 Å². The van der Waals surface area contributed by atoms with Gasteiger partial charge in [0.05, 0.1) is 11.3 Å². The van der Waals surface area contributed by atoms with Gasteiger partial charge in [-0.1, -0.05) is 46.3 Å². The van der Waals surface area contributed by atoms with Crippen molar-refractivity contribution in [2.45, 2.75) is 6.54 Å². The quantitative estimate of drug-likeness (QED) is 0.707. The molecule has 1 amide bonds. The van der Waals surface area contributed by atoms with Gasteiger partial charge in [0.2, 0.25) is 0 Å². The van der Waals surface area contributed by atoms with E-state index in [2.05, 4.69) is 31.5 Å². The summed E-state index contributed by atoms with van der Waals surface area (Å²) in [5, 5.41) is 11.1. The number of carbonyl (C=O) groups is 1. The molecule has 0 saturated carbocycles. The molecular formula is C16H14BrN5O. The number of tetrazole rings is 1. The van der Waals surface area contributed by atoms with Gasteiger partial charge in [-0.25, -0.2) is 0 Å². The number of hydrogen-bond acceptors (Lipinski definition) is 4. The van der Waals surface area contributed by atoms with Crippen LogP contribution in [0.4, 0.5) is 0 Å². The van der Waals surface area contributed by atoms with Crippen LogP contribution in [0.5, 0.6) is 0 Å². The highest BCUT2D eigenvalue weighted by atomic mass is 79.9. The number of benzene rings is 2. The van der Waals surface area contributed by atoms with Crippen molar-refractivity contribution in [1.82, 2.24) is 25.1 Å². The molecular weight excluding hydrogens is 358 g/mol. The van der Waals surface area contributed by atoms with E-state index in [1.54, 1.807) is 18.0 Å². The second-order valence-electron chi connectivity index (χ2n) is 5.06. The van der Waals surface area contributed by atoms with Crippen LogP contribution in [-0.4, -0.2) is 38.1 Å². The van der Waals surface area contributed by atoms with E-state index in [9.17, 15) is 4.79 Å². The van der Waals surface area contributed by atoms with Gasteiger partial charge in [0.15, 0.2) is 0 Å². The summed E-state index contributed by atoms with van der Waals surface area (Å²) >= 11 is 3.41. The van der Waals surface area contributed by atoms with Crippen molar-refractivity contribution < 1.29 is 4.79 Å². The first-order valence-corrected chi connectivity index (χ1v) is 7.77. The van der Waals surface area contributed by atoms with Crippen molar-refractivity contribution in [3.8, 4) is 5.69 Å². The van der Waals surface area contributed by atoms with Crippen LogP contribution in [0.3, 0.4) is 0 Å². The number of amides is 1. The Morgan fingerprint density at radius 2 is 2.00 bits per heavy atom. The van der Waals surface area contributed by atoms with Crippen molar-refractivity contribution in [1.29, 1.82) is 0 Å². The molecule has 23 heavy (non-hydrogen) atoms. The smallest absolute Gasteiger partial charge is 0.256 e. The standard InChI is InChI=1S/C16H14BrN5O/c1-21(10-12-5-3-2-4-6-12)16(23)14-9-13(17)7-8-15(14)22-11-18-19-20-22/h2-9,11H,10H2,1H3. The fourth-order valence-electron chi connectivity index (χ4n) is 2.29. The molecule has 7 heteroatoms. The molecule has 1 aromatic heterocycles. The largest absolute Gasteiger partial charge is 0.337 e. The van der Waals surface area contributed by atoms with Gasteiger partial charge in [0.1, 0.15) is 6.33 Å². The van der Waals surface area contributed by atoms with E-state index in [-0.39, 0.29) is 5.91 Å². The SMILES string of the molecule is CN(Cc1ccccc1)C(=O)c1cc(Br)ccc1-n1cnnn1. The summed E-state index contributed by atoms with van der Waals surface area (Å²) in [6, 6.07) is 15.3. The number of halogens is 1. The van der Waals surface area contributed by atoms with Crippen LogP contribution >= 0.6 is 15.9 Å². The van der Waals surface area contributed by atoms with E-state index < -0.39 is 0 Å². The first-order chi connectivity index (χ1) is 11.1. The minimum atomic E-state index is -0.0966. The maximum Gasteiger partial charge on any atom is 0.256 e. The minimum absolute atomic E-state index is 0.0966. The van der Waals surface area contributed by atoms with Crippen molar-refractivity contribution in [3.63, 3.8) is 0 Å². The van der Waals surface area contributed by atoms with Crippen molar-refractivity contribution >= 4 is 21.8 Å². The van der Waals surface area contributed by atoms with E-state index in [0.29, 0.717) is 17.8 Å². The predicted molar refractivity (Wildman–Crippen MR) is 89.1 cm³/mol. The zero-order chi connectivity index (χ0) is 16.2. The molecule has 0 aliphatic heterocycles. The summed E-state index contributed by atoms with van der Waals surface area (Å²) in [5.74, 6) is -0.0966. The molecule has 0 aliphatic rings. The normalized spacial score (nSPS) is 10.5. The summed E-state index contributed by atoms with van der Waals surface area (Å²) in [6.45, 7) is 0.529. The van der Waals surface area contributed by atoms with Crippen LogP contribution in [-0.2, 0) is 6.54 Å². The fraction of sp³-hybridized carbons (Fsp3) is 0.125. The molecule has 0 radical (unpaired) electrons. The molecule has 3 aromatic rings. The van der Waals surface area contributed by atoms with Gasteiger partial charge in [-0.2, -0.15) is 4.68 Å². The number of hydrogen-bond donors (Lipinski definition) is 0. The first-order valence-electron chi connectivity index (χ1n) is 6.97. The highest BCUT2D eigenvalue weighted by Gasteiger charge is 2.18. The van der Waals surface area contributed by atoms with Crippen LogP contribution in [0, 0.1) is 0 Å². The molecule has 0 unspecified atom stereocenters. The van der Waals surface area contributed by atoms with Gasteiger partial charge < -0.3 is 4.90 Å². The van der Waals surface area contributed by atoms with Gasteiger partial charge in [0, 0.05) is 18.1 Å². The maximum atomic E-state index is 12.8. The Bertz CT molecular complexity index is 805. The molecule has 0 saturated heterocycles.